The van der Waals surface area contributed by atoms with E-state index in [2.05, 4.69) is 16.0 Å². The van der Waals surface area contributed by atoms with Crippen molar-refractivity contribution in [1.82, 2.24) is 20.9 Å². The second kappa shape index (κ2) is 19.8. The number of aliphatic hydroxyl groups is 4. The fraction of sp³-hybridized carbons (Fsp3) is 0.634. The summed E-state index contributed by atoms with van der Waals surface area (Å²) in [7, 11) is 0. The van der Waals surface area contributed by atoms with Crippen molar-refractivity contribution < 1.29 is 63.4 Å². The zero-order valence-electron chi connectivity index (χ0n) is 35.6. The Hall–Kier alpha value is -4.63. The molecule has 1 aliphatic carbocycles. The van der Waals surface area contributed by atoms with Crippen LogP contribution in [-0.2, 0) is 36.8 Å². The summed E-state index contributed by atoms with van der Waals surface area (Å²) >= 11 is 0. The maximum atomic E-state index is 13.2. The van der Waals surface area contributed by atoms with Crippen LogP contribution in [0.5, 0.6) is 0 Å². The molecule has 2 aromatic carbocycles. The fourth-order valence-corrected chi connectivity index (χ4v) is 6.81. The Morgan fingerprint density at radius 2 is 1.18 bits per heavy atom. The standard InChI is InChI=1S/C41H61N5O14/c1-39(2,3)58-36(51)42-26-19-27(43-37(52)59-40(4,5)6)34(33(50)30(26)47)57-35-29(44-38(53)60-41(7,8)9)32(49)31(48)28(56-35)22-45(20-23-13-11-10-12-14-23)21-24-15-17-25(18-16-24)46(54)55/h10-18,26-35,47-50H,19-22H2,1-9H3,(H,42,51)(H,43,52)(H,44,53)/t26-,27+,28-,29-,30+,31-,32-,33-,34-,35-/m1/s1. The quantitative estimate of drug-likeness (QED) is 0.0919. The minimum atomic E-state index is -1.83. The molecule has 7 N–H and O–H groups in total. The Bertz CT molecular complexity index is 1750. The van der Waals surface area contributed by atoms with Gasteiger partial charge in [-0.15, -0.1) is 0 Å². The molecule has 1 saturated heterocycles. The number of aliphatic hydroxyl groups excluding tert-OH is 4. The molecule has 1 heterocycles. The van der Waals surface area contributed by atoms with E-state index < -0.39 is 101 Å². The molecule has 2 aromatic rings. The van der Waals surface area contributed by atoms with Gasteiger partial charge in [-0.3, -0.25) is 15.0 Å². The Balaban J connectivity index is 1.69. The van der Waals surface area contributed by atoms with Crippen LogP contribution in [0.3, 0.4) is 0 Å². The van der Waals surface area contributed by atoms with Crippen LogP contribution in [0.2, 0.25) is 0 Å². The van der Waals surface area contributed by atoms with Crippen molar-refractivity contribution in [3.8, 4) is 0 Å². The topological polar surface area (TPSA) is 261 Å². The average Bonchev–Trinajstić information content (AvgIpc) is 3.10. The molecule has 0 radical (unpaired) electrons. The number of rotatable bonds is 12. The van der Waals surface area contributed by atoms with Gasteiger partial charge in [-0.05, 0) is 79.9 Å². The van der Waals surface area contributed by atoms with Gasteiger partial charge in [0.05, 0.1) is 17.0 Å². The van der Waals surface area contributed by atoms with Gasteiger partial charge in [0, 0.05) is 31.8 Å². The first-order valence-corrected chi connectivity index (χ1v) is 19.8. The first kappa shape index (κ1) is 48.0. The van der Waals surface area contributed by atoms with Crippen LogP contribution in [0.15, 0.2) is 54.6 Å². The van der Waals surface area contributed by atoms with E-state index in [-0.39, 0.29) is 25.2 Å². The predicted octanol–water partition coefficient (Wildman–Crippen LogP) is 3.23. The SMILES string of the molecule is CC(C)(C)OC(=O)N[C@H]1[C@@H](O[C@H]2[C@H](O)[C@@H](O)[C@H](NC(=O)OC(C)(C)C)C[C@@H]2NC(=O)OC(C)(C)C)O[C@H](CN(Cc2ccccc2)Cc2ccc([N+](=O)[O-])cc2)[C@@H](O)[C@@H]1O. The van der Waals surface area contributed by atoms with Crippen molar-refractivity contribution in [3.63, 3.8) is 0 Å². The van der Waals surface area contributed by atoms with Crippen molar-refractivity contribution in [1.29, 1.82) is 0 Å². The minimum Gasteiger partial charge on any atom is -0.444 e. The molecule has 3 amide bonds. The maximum Gasteiger partial charge on any atom is 0.408 e. The Kier molecular flexibility index (Phi) is 15.9. The lowest BCUT2D eigenvalue weighted by atomic mass is 9.83. The first-order chi connectivity index (χ1) is 27.8. The number of hydrogen-bond acceptors (Lipinski definition) is 15. The monoisotopic (exact) mass is 847 g/mol. The van der Waals surface area contributed by atoms with E-state index in [0.717, 1.165) is 5.56 Å². The van der Waals surface area contributed by atoms with Gasteiger partial charge in [0.25, 0.3) is 5.69 Å². The summed E-state index contributed by atoms with van der Waals surface area (Å²) < 4.78 is 29.0. The third kappa shape index (κ3) is 14.5. The molecule has 19 heteroatoms. The third-order valence-corrected chi connectivity index (χ3v) is 9.32. The fourth-order valence-electron chi connectivity index (χ4n) is 6.81. The summed E-state index contributed by atoms with van der Waals surface area (Å²) in [6.07, 6.45) is -14.3. The number of nitrogens with one attached hydrogen (secondary N) is 3. The first-order valence-electron chi connectivity index (χ1n) is 19.8. The number of hydrogen-bond donors (Lipinski definition) is 7. The van der Waals surface area contributed by atoms with Gasteiger partial charge in [0.15, 0.2) is 6.29 Å². The van der Waals surface area contributed by atoms with Gasteiger partial charge in [0.2, 0.25) is 0 Å². The lowest BCUT2D eigenvalue weighted by Crippen LogP contribution is -2.70. The third-order valence-electron chi connectivity index (χ3n) is 9.32. The molecule has 1 aliphatic heterocycles. The van der Waals surface area contributed by atoms with Crippen LogP contribution >= 0.6 is 0 Å². The largest absolute Gasteiger partial charge is 0.444 e. The highest BCUT2D eigenvalue weighted by molar-refractivity contribution is 5.69. The van der Waals surface area contributed by atoms with Gasteiger partial charge in [0.1, 0.15) is 59.5 Å². The molecule has 2 aliphatic rings. The van der Waals surface area contributed by atoms with Crippen LogP contribution in [0.25, 0.3) is 0 Å². The van der Waals surface area contributed by atoms with Crippen molar-refractivity contribution in [2.75, 3.05) is 6.54 Å². The number of alkyl carbamates (subject to hydrolysis) is 3. The van der Waals surface area contributed by atoms with Crippen molar-refractivity contribution >= 4 is 24.0 Å². The van der Waals surface area contributed by atoms with Gasteiger partial charge in [-0.2, -0.15) is 0 Å². The molecule has 60 heavy (non-hydrogen) atoms. The number of carbonyl (C=O) groups excluding carboxylic acids is 3. The lowest BCUT2D eigenvalue weighted by Gasteiger charge is -2.48. The highest BCUT2D eigenvalue weighted by Crippen LogP contribution is 2.31. The maximum absolute atomic E-state index is 13.2. The summed E-state index contributed by atoms with van der Waals surface area (Å²) in [5.74, 6) is 0. The van der Waals surface area contributed by atoms with Gasteiger partial charge in [-0.25, -0.2) is 14.4 Å². The van der Waals surface area contributed by atoms with Crippen molar-refractivity contribution in [3.05, 3.63) is 75.8 Å². The average molecular weight is 848 g/mol. The molecule has 1 saturated carbocycles. The molecule has 4 rings (SSSR count). The minimum absolute atomic E-state index is 0.0551. The molecule has 0 unspecified atom stereocenters. The van der Waals surface area contributed by atoms with Crippen molar-refractivity contribution in [2.24, 2.45) is 0 Å². The second-order valence-corrected chi connectivity index (χ2v) is 18.1. The molecule has 0 spiro atoms. The molecule has 0 bridgehead atoms. The van der Waals surface area contributed by atoms with Gasteiger partial charge >= 0.3 is 18.3 Å². The molecule has 334 valence electrons. The van der Waals surface area contributed by atoms with Crippen LogP contribution in [0.4, 0.5) is 20.1 Å². The number of non-ortho nitro benzene ring substituents is 1. The zero-order valence-corrected chi connectivity index (χ0v) is 35.6. The van der Waals surface area contributed by atoms with E-state index >= 15 is 0 Å². The zero-order chi connectivity index (χ0) is 44.7. The molecular formula is C41H61N5O14. The molecule has 19 nitrogen and oxygen atoms in total. The van der Waals surface area contributed by atoms with E-state index in [0.29, 0.717) is 12.1 Å². The molecule has 0 aromatic heterocycles. The number of nitro benzene ring substituents is 1. The van der Waals surface area contributed by atoms with Crippen LogP contribution in [0, 0.1) is 10.1 Å². The van der Waals surface area contributed by atoms with E-state index in [1.54, 1.807) is 74.4 Å². The number of carbonyl (C=O) groups is 3. The summed E-state index contributed by atoms with van der Waals surface area (Å²) in [6, 6.07) is 11.4. The smallest absolute Gasteiger partial charge is 0.408 e. The van der Waals surface area contributed by atoms with E-state index in [4.69, 9.17) is 23.7 Å². The summed E-state index contributed by atoms with van der Waals surface area (Å²) in [6.45, 7) is 15.2. The second-order valence-electron chi connectivity index (χ2n) is 18.1. The summed E-state index contributed by atoms with van der Waals surface area (Å²) in [5.41, 5.74) is -1.31. The van der Waals surface area contributed by atoms with E-state index in [9.17, 15) is 44.9 Å². The number of nitrogens with zero attached hydrogens (tertiary/aromatic N) is 2. The van der Waals surface area contributed by atoms with Crippen molar-refractivity contribution in [2.45, 2.75) is 160 Å². The number of amides is 3. The molecule has 2 fully saturated rings. The van der Waals surface area contributed by atoms with E-state index in [1.807, 2.05) is 35.2 Å². The van der Waals surface area contributed by atoms with E-state index in [1.165, 1.54) is 12.1 Å². The number of nitro groups is 1. The Labute approximate surface area is 349 Å². The Morgan fingerprint density at radius 1 is 0.700 bits per heavy atom. The van der Waals surface area contributed by atoms with Crippen LogP contribution in [-0.4, -0.2) is 133 Å². The normalized spacial score (nSPS) is 27.4. The van der Waals surface area contributed by atoms with Gasteiger partial charge < -0.3 is 60.1 Å². The lowest BCUT2D eigenvalue weighted by molar-refractivity contribution is -0.384. The highest BCUT2D eigenvalue weighted by atomic mass is 16.7. The van der Waals surface area contributed by atoms with Gasteiger partial charge in [-0.1, -0.05) is 42.5 Å². The highest BCUT2D eigenvalue weighted by Gasteiger charge is 2.52. The van der Waals surface area contributed by atoms with Crippen LogP contribution < -0.4 is 16.0 Å². The Morgan fingerprint density at radius 3 is 1.68 bits per heavy atom. The number of benzene rings is 2. The molecular weight excluding hydrogens is 786 g/mol. The number of ether oxygens (including phenoxy) is 5. The van der Waals surface area contributed by atoms with Crippen LogP contribution in [0.1, 0.15) is 79.9 Å². The summed E-state index contributed by atoms with van der Waals surface area (Å²) in [4.78, 5) is 51.8. The molecule has 10 atom stereocenters. The predicted molar refractivity (Wildman–Crippen MR) is 215 cm³/mol. The summed E-state index contributed by atoms with van der Waals surface area (Å²) in [5, 5.41) is 65.3.